The molecule has 1 spiro atoms. The maximum atomic E-state index is 2.85. The van der Waals surface area contributed by atoms with Crippen LogP contribution >= 0.6 is 11.3 Å². The molecule has 0 N–H and O–H groups in total. The number of rotatable bonds is 2. The van der Waals surface area contributed by atoms with Crippen LogP contribution in [0.2, 0.25) is 0 Å². The monoisotopic (exact) mass is 719 g/mol. The normalized spacial score (nSPS) is 17.1. The Morgan fingerprint density at radius 2 is 1.26 bits per heavy atom. The second-order valence-electron chi connectivity index (χ2n) is 15.2. The number of benzene rings is 6. The summed E-state index contributed by atoms with van der Waals surface area (Å²) in [5, 5.41) is 12.3. The van der Waals surface area contributed by atoms with Crippen LogP contribution < -0.4 is 29.8 Å². The van der Waals surface area contributed by atoms with E-state index >= 15 is 0 Å². The van der Waals surface area contributed by atoms with Crippen molar-refractivity contribution in [3.63, 3.8) is 0 Å². The molecule has 14 rings (SSSR count). The Labute approximate surface area is 314 Å². The number of pyridine rings is 3. The van der Waals surface area contributed by atoms with Crippen LogP contribution in [0.3, 0.4) is 0 Å². The molecule has 0 bridgehead atoms. The van der Waals surface area contributed by atoms with E-state index in [-0.39, 0.29) is 0 Å². The van der Waals surface area contributed by atoms with Crippen molar-refractivity contribution in [1.82, 2.24) is 4.57 Å². The van der Waals surface area contributed by atoms with Crippen LogP contribution in [0.5, 0.6) is 0 Å². The maximum Gasteiger partial charge on any atom is 0.309 e. The molecule has 3 aliphatic heterocycles. The summed E-state index contributed by atoms with van der Waals surface area (Å²) in [6.07, 6.45) is 2.35. The highest BCUT2D eigenvalue weighted by Crippen LogP contribution is 2.54. The molecule has 5 heteroatoms. The van der Waals surface area contributed by atoms with Gasteiger partial charge in [-0.15, -0.1) is 11.3 Å². The SMILES string of the molecule is c1ccc([Si]2(c3ccccc3)c3cccc4c3C3(c5c6ccccc6[n+]6c7cc8sc9ccccc9c8cc7c7ccc2n3c7c56)[n+]2ccccc2-4)cc1. The lowest BCUT2D eigenvalue weighted by Gasteiger charge is -2.44. The fourth-order valence-electron chi connectivity index (χ4n) is 11.2. The molecule has 1 atom stereocenters. The molecule has 11 aromatic rings. The van der Waals surface area contributed by atoms with Crippen LogP contribution in [-0.2, 0) is 5.66 Å². The summed E-state index contributed by atoms with van der Waals surface area (Å²) in [5.41, 5.74) is 10.0. The number of thiophene rings is 1. The minimum Gasteiger partial charge on any atom is -0.272 e. The summed E-state index contributed by atoms with van der Waals surface area (Å²) in [4.78, 5) is 0. The zero-order chi connectivity index (χ0) is 34.9. The smallest absolute Gasteiger partial charge is 0.272 e. The lowest BCUT2D eigenvalue weighted by atomic mass is 9.90. The fourth-order valence-corrected chi connectivity index (χ4v) is 17.5. The molecule has 8 heterocycles. The van der Waals surface area contributed by atoms with Gasteiger partial charge in [0.15, 0.2) is 14.3 Å². The van der Waals surface area contributed by atoms with Gasteiger partial charge in [-0.1, -0.05) is 109 Å². The van der Waals surface area contributed by atoms with E-state index in [1.165, 1.54) is 102 Å². The fraction of sp³-hybridized carbons (Fsp3) is 0.0204. The third kappa shape index (κ3) is 2.88. The van der Waals surface area contributed by atoms with Gasteiger partial charge in [-0.05, 0) is 52.0 Å². The molecule has 248 valence electrons. The lowest BCUT2D eigenvalue weighted by molar-refractivity contribution is -0.732. The van der Waals surface area contributed by atoms with Gasteiger partial charge < -0.3 is 0 Å². The van der Waals surface area contributed by atoms with E-state index in [0.717, 1.165) is 0 Å². The number of nitrogens with zero attached hydrogens (tertiary/aromatic N) is 3. The van der Waals surface area contributed by atoms with Gasteiger partial charge in [-0.25, -0.2) is 0 Å². The molecule has 54 heavy (non-hydrogen) atoms. The Hall–Kier alpha value is -6.40. The van der Waals surface area contributed by atoms with Gasteiger partial charge in [0.2, 0.25) is 22.2 Å². The van der Waals surface area contributed by atoms with E-state index in [1.807, 2.05) is 11.3 Å². The van der Waals surface area contributed by atoms with Crippen molar-refractivity contribution in [2.75, 3.05) is 0 Å². The Morgan fingerprint density at radius 1 is 0.519 bits per heavy atom. The van der Waals surface area contributed by atoms with Gasteiger partial charge in [0, 0.05) is 55.1 Å². The second kappa shape index (κ2) is 9.39. The van der Waals surface area contributed by atoms with Crippen LogP contribution in [0.1, 0.15) is 11.1 Å². The van der Waals surface area contributed by atoms with Crippen molar-refractivity contribution in [3.05, 3.63) is 187 Å². The number of hydrogen-bond donors (Lipinski definition) is 0. The zero-order valence-corrected chi connectivity index (χ0v) is 30.8. The van der Waals surface area contributed by atoms with E-state index in [9.17, 15) is 0 Å². The van der Waals surface area contributed by atoms with Crippen molar-refractivity contribution in [2.24, 2.45) is 0 Å². The first-order chi connectivity index (χ1) is 26.8. The van der Waals surface area contributed by atoms with E-state index in [0.29, 0.717) is 0 Å². The van der Waals surface area contributed by atoms with Gasteiger partial charge in [-0.3, -0.25) is 4.57 Å². The van der Waals surface area contributed by atoms with Crippen LogP contribution in [0.25, 0.3) is 69.7 Å². The summed E-state index contributed by atoms with van der Waals surface area (Å²) in [6.45, 7) is 0. The summed E-state index contributed by atoms with van der Waals surface area (Å²) >= 11 is 1.90. The number of aromatic nitrogens is 3. The van der Waals surface area contributed by atoms with Gasteiger partial charge in [0.05, 0.1) is 21.9 Å². The maximum absolute atomic E-state index is 2.90. The first-order valence-electron chi connectivity index (χ1n) is 18.8. The van der Waals surface area contributed by atoms with E-state index in [4.69, 9.17) is 0 Å². The number of hydrogen-bond acceptors (Lipinski definition) is 1. The van der Waals surface area contributed by atoms with Crippen LogP contribution in [0.4, 0.5) is 0 Å². The van der Waals surface area contributed by atoms with Crippen molar-refractivity contribution in [1.29, 1.82) is 0 Å². The molecular formula is C49H29N3SSi+2. The number of para-hydroxylation sites is 1. The Morgan fingerprint density at radius 3 is 2.09 bits per heavy atom. The largest absolute Gasteiger partial charge is 0.309 e. The molecule has 0 saturated carbocycles. The molecular weight excluding hydrogens is 691 g/mol. The highest BCUT2D eigenvalue weighted by atomic mass is 32.1. The topological polar surface area (TPSA) is 12.9 Å². The quantitative estimate of drug-likeness (QED) is 0.0992. The number of fused-ring (bicyclic) bond motifs is 11. The zero-order valence-electron chi connectivity index (χ0n) is 29.0. The van der Waals surface area contributed by atoms with E-state index in [2.05, 4.69) is 190 Å². The molecule has 5 aromatic heterocycles. The third-order valence-electron chi connectivity index (χ3n) is 13.0. The van der Waals surface area contributed by atoms with Crippen molar-refractivity contribution in [3.8, 4) is 11.3 Å². The van der Waals surface area contributed by atoms with Crippen LogP contribution in [0.15, 0.2) is 176 Å². The average Bonchev–Trinajstić information content (AvgIpc) is 3.96. The Kier molecular flexibility index (Phi) is 4.89. The van der Waals surface area contributed by atoms with E-state index < -0.39 is 13.7 Å². The van der Waals surface area contributed by atoms with E-state index in [1.54, 1.807) is 0 Å². The molecule has 0 radical (unpaired) electrons. The average molecular weight is 720 g/mol. The van der Waals surface area contributed by atoms with Crippen LogP contribution in [0, 0.1) is 0 Å². The summed E-state index contributed by atoms with van der Waals surface area (Å²) in [5.74, 6) is 0. The van der Waals surface area contributed by atoms with Crippen molar-refractivity contribution < 1.29 is 8.97 Å². The predicted molar refractivity (Wildman–Crippen MR) is 224 cm³/mol. The lowest BCUT2D eigenvalue weighted by Crippen LogP contribution is -2.83. The second-order valence-corrected chi connectivity index (χ2v) is 20.0. The summed E-state index contributed by atoms with van der Waals surface area (Å²) < 4.78 is 10.8. The molecule has 3 aliphatic rings. The molecule has 1 unspecified atom stereocenters. The molecule has 0 aliphatic carbocycles. The summed E-state index contributed by atoms with van der Waals surface area (Å²) in [7, 11) is -2.90. The highest BCUT2D eigenvalue weighted by Gasteiger charge is 2.69. The minimum absolute atomic E-state index is 0.602. The van der Waals surface area contributed by atoms with Gasteiger partial charge >= 0.3 is 5.66 Å². The first kappa shape index (κ1) is 28.1. The predicted octanol–water partition coefficient (Wildman–Crippen LogP) is 7.62. The Balaban J connectivity index is 1.31. The molecule has 0 amide bonds. The van der Waals surface area contributed by atoms with Crippen LogP contribution in [-0.4, -0.2) is 12.6 Å². The summed E-state index contributed by atoms with van der Waals surface area (Å²) in [6, 6.07) is 65.0. The van der Waals surface area contributed by atoms with Gasteiger partial charge in [0.25, 0.3) is 0 Å². The molecule has 0 saturated heterocycles. The molecule has 0 fully saturated rings. The van der Waals surface area contributed by atoms with Crippen molar-refractivity contribution in [2.45, 2.75) is 5.66 Å². The first-order valence-corrected chi connectivity index (χ1v) is 21.6. The third-order valence-corrected chi connectivity index (χ3v) is 18.9. The molecule has 6 aromatic carbocycles. The van der Waals surface area contributed by atoms with Crippen molar-refractivity contribution >= 4 is 98.7 Å². The standard InChI is InChI=1S/C49H29N3SSi/c1-3-14-30(15-4-1)54(31-16-5-2-6-17-31)43-24-13-20-34-38-21-11-12-27-50(38)49(45(34)43)46-35-19-7-9-22-39(35)51-40-29-42-37(32-18-8-10-23-41(32)53-42)28-36(40)33-25-26-44(54)52(49)47(33)48(46)51/h1-29H/q+2. The Bertz CT molecular complexity index is 3470. The van der Waals surface area contributed by atoms with Gasteiger partial charge in [0.1, 0.15) is 11.1 Å². The molecule has 3 nitrogen and oxygen atoms in total. The minimum atomic E-state index is -2.90. The van der Waals surface area contributed by atoms with Gasteiger partial charge in [-0.2, -0.15) is 8.97 Å². The highest BCUT2D eigenvalue weighted by molar-refractivity contribution is 7.26.